The molecule has 0 heterocycles. The van der Waals surface area contributed by atoms with Crippen molar-refractivity contribution in [3.63, 3.8) is 0 Å². The highest BCUT2D eigenvalue weighted by Gasteiger charge is 2.28. The van der Waals surface area contributed by atoms with Crippen molar-refractivity contribution in [1.29, 1.82) is 0 Å². The first-order valence-electron chi connectivity index (χ1n) is 6.33. The van der Waals surface area contributed by atoms with Crippen molar-refractivity contribution >= 4 is 11.8 Å². The molecular weight excluding hydrogens is 287 g/mol. The minimum atomic E-state index is -4.54. The Morgan fingerprint density at radius 1 is 1.10 bits per heavy atom. The molecule has 6 heteroatoms. The highest BCUT2D eigenvalue weighted by molar-refractivity contribution is 7.99. The summed E-state index contributed by atoms with van der Waals surface area (Å²) in [6.45, 7) is 6.72. The summed E-state index contributed by atoms with van der Waals surface area (Å²) in [4.78, 5) is 0.940. The highest BCUT2D eigenvalue weighted by Crippen LogP contribution is 2.21. The van der Waals surface area contributed by atoms with Crippen LogP contribution >= 0.6 is 11.8 Å². The van der Waals surface area contributed by atoms with Crippen LogP contribution < -0.4 is 5.32 Å². The molecule has 20 heavy (non-hydrogen) atoms. The number of benzene rings is 1. The fourth-order valence-corrected chi connectivity index (χ4v) is 2.12. The zero-order chi connectivity index (χ0) is 15.2. The Morgan fingerprint density at radius 2 is 1.70 bits per heavy atom. The molecule has 0 saturated heterocycles. The van der Waals surface area contributed by atoms with Gasteiger partial charge in [-0.25, -0.2) is 0 Å². The van der Waals surface area contributed by atoms with Crippen LogP contribution in [0.4, 0.5) is 13.2 Å². The van der Waals surface area contributed by atoms with Crippen molar-refractivity contribution in [2.75, 3.05) is 12.4 Å². The zero-order valence-electron chi connectivity index (χ0n) is 11.9. The fraction of sp³-hybridized carbons (Fsp3) is 0.571. The topological polar surface area (TPSA) is 21.3 Å². The molecule has 0 aliphatic rings. The molecule has 0 unspecified atom stereocenters. The van der Waals surface area contributed by atoms with E-state index in [0.29, 0.717) is 0 Å². The third kappa shape index (κ3) is 8.45. The molecule has 1 rings (SSSR count). The first-order valence-corrected chi connectivity index (χ1v) is 7.32. The summed E-state index contributed by atoms with van der Waals surface area (Å²) in [7, 11) is 0. The maximum absolute atomic E-state index is 11.8. The lowest BCUT2D eigenvalue weighted by molar-refractivity contribution is -0.322. The molecule has 0 radical (unpaired) electrons. The molecule has 0 fully saturated rings. The number of rotatable bonds is 6. The van der Waals surface area contributed by atoms with Crippen LogP contribution in [0.2, 0.25) is 0 Å². The molecule has 0 aromatic heterocycles. The summed E-state index contributed by atoms with van der Waals surface area (Å²) in [5.41, 5.74) is 1.21. The molecule has 0 saturated carbocycles. The van der Waals surface area contributed by atoms with Crippen LogP contribution in [-0.2, 0) is 11.3 Å². The predicted molar refractivity (Wildman–Crippen MR) is 75.8 cm³/mol. The third-order valence-electron chi connectivity index (χ3n) is 2.36. The Hall–Kier alpha value is -0.720. The third-order valence-corrected chi connectivity index (χ3v) is 3.34. The number of halogens is 3. The van der Waals surface area contributed by atoms with E-state index in [1.54, 1.807) is 0 Å². The van der Waals surface area contributed by atoms with E-state index in [-0.39, 0.29) is 17.9 Å². The van der Waals surface area contributed by atoms with Crippen molar-refractivity contribution in [2.45, 2.75) is 44.1 Å². The lowest BCUT2D eigenvalue weighted by atomic mass is 10.1. The molecule has 0 aliphatic carbocycles. The van der Waals surface area contributed by atoms with Crippen LogP contribution in [-0.4, -0.2) is 24.3 Å². The fourth-order valence-electron chi connectivity index (χ4n) is 1.39. The summed E-state index contributed by atoms with van der Waals surface area (Å²) in [5.74, 6) is 0.277. The Morgan fingerprint density at radius 3 is 2.20 bits per heavy atom. The molecule has 1 aromatic rings. The van der Waals surface area contributed by atoms with E-state index < -0.39 is 6.36 Å². The number of hydrogen-bond donors (Lipinski definition) is 1. The van der Waals surface area contributed by atoms with Crippen LogP contribution in [0.1, 0.15) is 26.3 Å². The molecule has 0 amide bonds. The Kier molecular flexibility index (Phi) is 6.36. The van der Waals surface area contributed by atoms with E-state index in [1.807, 2.05) is 24.3 Å². The van der Waals surface area contributed by atoms with Crippen molar-refractivity contribution in [3.8, 4) is 0 Å². The largest absolute Gasteiger partial charge is 0.522 e. The van der Waals surface area contributed by atoms with Crippen molar-refractivity contribution < 1.29 is 17.9 Å². The van der Waals surface area contributed by atoms with Crippen molar-refractivity contribution in [1.82, 2.24) is 5.32 Å². The average Bonchev–Trinajstić information content (AvgIpc) is 2.31. The second kappa shape index (κ2) is 7.33. The van der Waals surface area contributed by atoms with Gasteiger partial charge in [-0.3, -0.25) is 4.74 Å². The van der Waals surface area contributed by atoms with Crippen LogP contribution in [0.5, 0.6) is 0 Å². The quantitative estimate of drug-likeness (QED) is 0.628. The van der Waals surface area contributed by atoms with E-state index in [1.165, 1.54) is 11.8 Å². The van der Waals surface area contributed by atoms with Gasteiger partial charge < -0.3 is 5.32 Å². The number of alkyl halides is 3. The molecule has 1 N–H and O–H groups in total. The second-order valence-electron chi connectivity index (χ2n) is 5.39. The standard InChI is InChI=1S/C14H20F3NOS/c1-13(2,3)18-10-11-4-6-12(7-5-11)20-9-8-19-14(15,16)17/h4-7,18H,8-10H2,1-3H3. The van der Waals surface area contributed by atoms with Gasteiger partial charge in [-0.1, -0.05) is 12.1 Å². The summed E-state index contributed by atoms with van der Waals surface area (Å²) in [6.07, 6.45) is -4.54. The summed E-state index contributed by atoms with van der Waals surface area (Å²) in [5, 5.41) is 3.37. The Bertz CT molecular complexity index is 398. The minimum Gasteiger partial charge on any atom is -0.308 e. The number of hydrogen-bond acceptors (Lipinski definition) is 3. The first kappa shape index (κ1) is 17.3. The van der Waals surface area contributed by atoms with Gasteiger partial charge in [0.1, 0.15) is 0 Å². The molecule has 0 spiro atoms. The zero-order valence-corrected chi connectivity index (χ0v) is 12.7. The van der Waals surface area contributed by atoms with Crippen LogP contribution in [0.15, 0.2) is 29.2 Å². The van der Waals surface area contributed by atoms with Gasteiger partial charge in [0.05, 0.1) is 6.61 Å². The molecule has 0 bridgehead atoms. The Balaban J connectivity index is 2.32. The smallest absolute Gasteiger partial charge is 0.308 e. The van der Waals surface area contributed by atoms with E-state index in [0.717, 1.165) is 17.0 Å². The summed E-state index contributed by atoms with van der Waals surface area (Å²) in [6, 6.07) is 7.78. The Labute approximate surface area is 122 Å². The first-order chi connectivity index (χ1) is 9.16. The van der Waals surface area contributed by atoms with E-state index >= 15 is 0 Å². The molecule has 1 aromatic carbocycles. The maximum atomic E-state index is 11.8. The van der Waals surface area contributed by atoms with Crippen LogP contribution in [0.25, 0.3) is 0 Å². The minimum absolute atomic E-state index is 0.0579. The SMILES string of the molecule is CC(C)(C)NCc1ccc(SCCOC(F)(F)F)cc1. The monoisotopic (exact) mass is 307 g/mol. The van der Waals surface area contributed by atoms with Gasteiger partial charge in [-0.05, 0) is 38.5 Å². The lowest BCUT2D eigenvalue weighted by Gasteiger charge is -2.20. The van der Waals surface area contributed by atoms with Gasteiger partial charge in [0.2, 0.25) is 0 Å². The van der Waals surface area contributed by atoms with Gasteiger partial charge in [0, 0.05) is 22.7 Å². The average molecular weight is 307 g/mol. The molecular formula is C14H20F3NOS. The molecule has 0 aliphatic heterocycles. The normalized spacial score (nSPS) is 12.7. The van der Waals surface area contributed by atoms with Crippen molar-refractivity contribution in [2.24, 2.45) is 0 Å². The van der Waals surface area contributed by atoms with E-state index in [4.69, 9.17) is 0 Å². The van der Waals surface area contributed by atoms with Gasteiger partial charge in [-0.2, -0.15) is 0 Å². The van der Waals surface area contributed by atoms with Crippen molar-refractivity contribution in [3.05, 3.63) is 29.8 Å². The lowest BCUT2D eigenvalue weighted by Crippen LogP contribution is -2.35. The number of thioether (sulfide) groups is 1. The van der Waals surface area contributed by atoms with Gasteiger partial charge in [0.15, 0.2) is 0 Å². The van der Waals surface area contributed by atoms with Crippen LogP contribution in [0.3, 0.4) is 0 Å². The summed E-state index contributed by atoms with van der Waals surface area (Å²) >= 11 is 1.35. The van der Waals surface area contributed by atoms with Gasteiger partial charge >= 0.3 is 6.36 Å². The van der Waals surface area contributed by atoms with Gasteiger partial charge in [-0.15, -0.1) is 24.9 Å². The predicted octanol–water partition coefficient (Wildman–Crippen LogP) is 4.20. The molecule has 0 atom stereocenters. The molecule has 2 nitrogen and oxygen atoms in total. The number of ether oxygens (including phenoxy) is 1. The molecule has 114 valence electrons. The van der Waals surface area contributed by atoms with Gasteiger partial charge in [0.25, 0.3) is 0 Å². The van der Waals surface area contributed by atoms with Crippen LogP contribution in [0, 0.1) is 0 Å². The van der Waals surface area contributed by atoms with E-state index in [9.17, 15) is 13.2 Å². The number of nitrogens with one attached hydrogen (secondary N) is 1. The maximum Gasteiger partial charge on any atom is 0.522 e. The second-order valence-corrected chi connectivity index (χ2v) is 6.56. The van der Waals surface area contributed by atoms with E-state index in [2.05, 4.69) is 30.8 Å². The summed E-state index contributed by atoms with van der Waals surface area (Å²) < 4.78 is 39.1. The highest BCUT2D eigenvalue weighted by atomic mass is 32.2.